The maximum Gasteiger partial charge on any atom is 0.320 e. The first-order valence-electron chi connectivity index (χ1n) is 18.5. The van der Waals surface area contributed by atoms with Crippen LogP contribution in [0.15, 0.2) is 18.2 Å². The molecule has 0 unspecified atom stereocenters. The largest absolute Gasteiger partial charge is 0.461 e. The van der Waals surface area contributed by atoms with Crippen molar-refractivity contribution >= 4 is 60.8 Å². The molecule has 2 aromatic carbocycles. The number of nitriles is 1. The number of carbonyl (C=O) groups excluding carboxylic acids is 1. The summed E-state index contributed by atoms with van der Waals surface area (Å²) >= 11 is 7.88. The lowest BCUT2D eigenvalue weighted by Crippen LogP contribution is -2.67. The zero-order chi connectivity index (χ0) is 37.5. The number of urea groups is 1. The summed E-state index contributed by atoms with van der Waals surface area (Å²) in [6, 6.07) is 6.26. The lowest BCUT2D eigenvalue weighted by Gasteiger charge is -2.53. The third kappa shape index (κ3) is 5.70. The van der Waals surface area contributed by atoms with E-state index in [2.05, 4.69) is 14.8 Å². The highest BCUT2D eigenvalue weighted by molar-refractivity contribution is 7.23. The Morgan fingerprint density at radius 1 is 1.11 bits per heavy atom. The van der Waals surface area contributed by atoms with E-state index in [-0.39, 0.29) is 72.5 Å². The number of anilines is 2. The molecule has 5 aliphatic heterocycles. The standard InChI is InChI=1S/C38H40ClF3N8O3S/c1-52-22-15-48(16-22)36(51)49-18-37(19-49)7-2-3-9-47(17-37)34-24-11-26(39)29(23-5-6-27(41)32-28(23)25(13-43)33(44)54-32)30(42)31(24)45-35(46-34)53-20-38-8-4-10-50(38)14-21(40)12-38/h5-6,11,21-22H,2-4,7-10,12,14-20,44H2,1H3/t21-,38+/m1/s1. The van der Waals surface area contributed by atoms with Crippen LogP contribution in [0.1, 0.15) is 44.1 Å². The summed E-state index contributed by atoms with van der Waals surface area (Å²) in [5.74, 6) is -0.897. The SMILES string of the molecule is COC1CN(C(=O)N2CC3(CCCCN(c4nc(OC[C@@]56CCCN5C[C@H](F)C6)nc5c(F)c(-c6ccc(F)c7sc(N)c(C#N)c67)c(Cl)cc45)C3)C2)C1. The van der Waals surface area contributed by atoms with Gasteiger partial charge in [0, 0.05) is 68.0 Å². The van der Waals surface area contributed by atoms with E-state index in [4.69, 9.17) is 31.8 Å². The molecule has 9 rings (SSSR count). The molecule has 2 N–H and O–H groups in total. The Balaban J connectivity index is 1.12. The summed E-state index contributed by atoms with van der Waals surface area (Å²) < 4.78 is 58.8. The van der Waals surface area contributed by atoms with Crippen molar-refractivity contribution in [3.05, 3.63) is 40.4 Å². The van der Waals surface area contributed by atoms with Gasteiger partial charge in [-0.05, 0) is 49.9 Å². The summed E-state index contributed by atoms with van der Waals surface area (Å²) in [6.07, 6.45) is 3.91. The number of thiophene rings is 1. The molecule has 4 aromatic rings. The molecule has 5 saturated heterocycles. The number of alkyl halides is 1. The van der Waals surface area contributed by atoms with Gasteiger partial charge in [0.05, 0.1) is 40.0 Å². The number of fused-ring (bicyclic) bond motifs is 3. The van der Waals surface area contributed by atoms with Crippen LogP contribution in [0.3, 0.4) is 0 Å². The molecular weight excluding hydrogens is 741 g/mol. The molecule has 0 radical (unpaired) electrons. The molecule has 0 aliphatic carbocycles. The van der Waals surface area contributed by atoms with Gasteiger partial charge >= 0.3 is 12.0 Å². The molecule has 2 aromatic heterocycles. The fraction of sp³-hybridized carbons (Fsp3) is 0.526. The first-order chi connectivity index (χ1) is 26.0. The smallest absolute Gasteiger partial charge is 0.320 e. The summed E-state index contributed by atoms with van der Waals surface area (Å²) in [4.78, 5) is 30.7. The van der Waals surface area contributed by atoms with Crippen LogP contribution in [-0.4, -0.2) is 115 Å². The quantitative estimate of drug-likeness (QED) is 0.231. The highest BCUT2D eigenvalue weighted by Crippen LogP contribution is 2.47. The van der Waals surface area contributed by atoms with Crippen LogP contribution in [0.2, 0.25) is 5.02 Å². The van der Waals surface area contributed by atoms with Crippen molar-refractivity contribution in [1.29, 1.82) is 5.26 Å². The number of methoxy groups -OCH3 is 1. The number of nitrogens with two attached hydrogens (primary N) is 1. The predicted octanol–water partition coefficient (Wildman–Crippen LogP) is 6.60. The fourth-order valence-electron chi connectivity index (χ4n) is 9.52. The van der Waals surface area contributed by atoms with Gasteiger partial charge in [0.2, 0.25) is 0 Å². The van der Waals surface area contributed by atoms with Gasteiger partial charge < -0.3 is 29.9 Å². The number of hydrogen-bond acceptors (Lipinski definition) is 10. The van der Waals surface area contributed by atoms with E-state index in [0.717, 1.165) is 50.0 Å². The number of ether oxygens (including phenoxy) is 2. The van der Waals surface area contributed by atoms with Crippen LogP contribution in [0.4, 0.5) is 28.8 Å². The Bertz CT molecular complexity index is 2220. The van der Waals surface area contributed by atoms with Crippen molar-refractivity contribution in [1.82, 2.24) is 24.7 Å². The normalized spacial score (nSPS) is 24.1. The molecule has 54 heavy (non-hydrogen) atoms. The number of carbonyl (C=O) groups is 1. The van der Waals surface area contributed by atoms with E-state index in [1.54, 1.807) is 18.1 Å². The van der Waals surface area contributed by atoms with Crippen molar-refractivity contribution in [2.24, 2.45) is 5.41 Å². The highest BCUT2D eigenvalue weighted by Gasteiger charge is 2.51. The Labute approximate surface area is 319 Å². The Morgan fingerprint density at radius 2 is 1.93 bits per heavy atom. The van der Waals surface area contributed by atoms with Gasteiger partial charge in [0.15, 0.2) is 5.82 Å². The fourth-order valence-corrected chi connectivity index (χ4v) is 10.8. The van der Waals surface area contributed by atoms with Gasteiger partial charge in [-0.15, -0.1) is 11.3 Å². The van der Waals surface area contributed by atoms with Crippen molar-refractivity contribution in [3.8, 4) is 23.2 Å². The van der Waals surface area contributed by atoms with Crippen molar-refractivity contribution in [3.63, 3.8) is 0 Å². The molecule has 5 fully saturated rings. The van der Waals surface area contributed by atoms with Crippen molar-refractivity contribution in [2.45, 2.75) is 56.3 Å². The van der Waals surface area contributed by atoms with Crippen LogP contribution in [0.25, 0.3) is 32.1 Å². The molecule has 11 nitrogen and oxygen atoms in total. The molecule has 2 amide bonds. The number of rotatable bonds is 6. The number of nitrogens with zero attached hydrogens (tertiary/aromatic N) is 7. The van der Waals surface area contributed by atoms with Crippen LogP contribution in [0, 0.1) is 28.4 Å². The number of benzene rings is 2. The van der Waals surface area contributed by atoms with Crippen molar-refractivity contribution < 1.29 is 27.4 Å². The zero-order valence-electron chi connectivity index (χ0n) is 29.8. The third-order valence-corrected chi connectivity index (χ3v) is 13.6. The summed E-state index contributed by atoms with van der Waals surface area (Å²) in [6.45, 7) is 4.85. The first kappa shape index (κ1) is 35.6. The molecule has 1 spiro atoms. The second-order valence-corrected chi connectivity index (χ2v) is 17.1. The molecule has 7 heterocycles. The van der Waals surface area contributed by atoms with E-state index in [1.807, 2.05) is 11.0 Å². The van der Waals surface area contributed by atoms with Crippen molar-refractivity contribution in [2.75, 3.05) is 76.7 Å². The molecule has 5 aliphatic rings. The van der Waals surface area contributed by atoms with E-state index in [1.165, 1.54) is 12.1 Å². The van der Waals surface area contributed by atoms with Gasteiger partial charge in [-0.1, -0.05) is 24.1 Å². The first-order valence-corrected chi connectivity index (χ1v) is 19.7. The summed E-state index contributed by atoms with van der Waals surface area (Å²) in [7, 11) is 1.65. The van der Waals surface area contributed by atoms with E-state index >= 15 is 8.78 Å². The van der Waals surface area contributed by atoms with Gasteiger partial charge in [0.1, 0.15) is 41.0 Å². The van der Waals surface area contributed by atoms with Gasteiger partial charge in [0.25, 0.3) is 0 Å². The molecule has 0 saturated carbocycles. The predicted molar refractivity (Wildman–Crippen MR) is 201 cm³/mol. The number of halogens is 4. The number of nitrogen functional groups attached to an aromatic ring is 1. The number of amides is 2. The monoisotopic (exact) mass is 780 g/mol. The molecule has 2 atom stereocenters. The average molecular weight is 781 g/mol. The maximum absolute atomic E-state index is 17.3. The highest BCUT2D eigenvalue weighted by atomic mass is 35.5. The molecule has 16 heteroatoms. The van der Waals surface area contributed by atoms with Crippen LogP contribution in [0.5, 0.6) is 6.01 Å². The second kappa shape index (κ2) is 13.3. The van der Waals surface area contributed by atoms with Gasteiger partial charge in [-0.25, -0.2) is 18.0 Å². The molecule has 0 bridgehead atoms. The van der Waals surface area contributed by atoms with Gasteiger partial charge in [-0.3, -0.25) is 4.90 Å². The number of likely N-dealkylation sites (tertiary alicyclic amines) is 2. The minimum atomic E-state index is -0.953. The topological polar surface area (TPSA) is 124 Å². The Hall–Kier alpha value is -4.10. The Kier molecular flexibility index (Phi) is 8.76. The Morgan fingerprint density at radius 3 is 2.70 bits per heavy atom. The summed E-state index contributed by atoms with van der Waals surface area (Å²) in [5.41, 5.74) is 5.62. The van der Waals surface area contributed by atoms with E-state index in [9.17, 15) is 14.4 Å². The van der Waals surface area contributed by atoms with Crippen LogP contribution >= 0.6 is 22.9 Å². The third-order valence-electron chi connectivity index (χ3n) is 12.3. The average Bonchev–Trinajstić information content (AvgIpc) is 3.69. The minimum Gasteiger partial charge on any atom is -0.461 e. The maximum atomic E-state index is 17.3. The van der Waals surface area contributed by atoms with Crippen LogP contribution < -0.4 is 15.4 Å². The number of hydrogen-bond donors (Lipinski definition) is 1. The second-order valence-electron chi connectivity index (χ2n) is 15.7. The zero-order valence-corrected chi connectivity index (χ0v) is 31.4. The van der Waals surface area contributed by atoms with E-state index < -0.39 is 23.3 Å². The summed E-state index contributed by atoms with van der Waals surface area (Å²) in [5, 5.41) is 10.7. The number of aromatic nitrogens is 2. The van der Waals surface area contributed by atoms with E-state index in [0.29, 0.717) is 63.4 Å². The van der Waals surface area contributed by atoms with Crippen LogP contribution in [-0.2, 0) is 4.74 Å². The lowest BCUT2D eigenvalue weighted by molar-refractivity contribution is -0.0380. The molecule has 284 valence electrons. The molecular formula is C38H40ClF3N8O3S. The minimum absolute atomic E-state index is 0.0128. The lowest BCUT2D eigenvalue weighted by atomic mass is 9.76. The van der Waals surface area contributed by atoms with Gasteiger partial charge in [-0.2, -0.15) is 15.2 Å².